The fourth-order valence-corrected chi connectivity index (χ4v) is 4.37. The fourth-order valence-electron chi connectivity index (χ4n) is 4.37. The average Bonchev–Trinajstić information content (AvgIpc) is 2.68. The molecule has 2 aromatic rings. The molecule has 132 valence electrons. The number of nitrogens with zero attached hydrogens (tertiary/aromatic N) is 1. The van der Waals surface area contributed by atoms with Crippen molar-refractivity contribution in [3.05, 3.63) is 71.3 Å². The van der Waals surface area contributed by atoms with Crippen molar-refractivity contribution in [1.29, 1.82) is 0 Å². The number of hydrogen-bond acceptors (Lipinski definition) is 3. The zero-order valence-electron chi connectivity index (χ0n) is 14.8. The first-order valence-corrected chi connectivity index (χ1v) is 9.54. The van der Waals surface area contributed by atoms with E-state index in [1.54, 1.807) is 0 Å². The Balaban J connectivity index is 1.38. The summed E-state index contributed by atoms with van der Waals surface area (Å²) in [5.74, 6) is 0. The molecule has 0 unspecified atom stereocenters. The van der Waals surface area contributed by atoms with Crippen LogP contribution in [0.15, 0.2) is 54.6 Å². The number of fused-ring (bicyclic) bond motifs is 1. The average molecular weight is 336 g/mol. The molecule has 25 heavy (non-hydrogen) atoms. The third-order valence-corrected chi connectivity index (χ3v) is 5.93. The number of rotatable bonds is 4. The largest absolute Gasteiger partial charge is 0.388 e. The number of likely N-dealkylation sites (tertiary alicyclic amines) is 1. The van der Waals surface area contributed by atoms with Gasteiger partial charge >= 0.3 is 0 Å². The molecule has 0 amide bonds. The summed E-state index contributed by atoms with van der Waals surface area (Å²) < 4.78 is 0. The van der Waals surface area contributed by atoms with E-state index in [9.17, 15) is 5.11 Å². The van der Waals surface area contributed by atoms with Crippen molar-refractivity contribution in [3.8, 4) is 0 Å². The van der Waals surface area contributed by atoms with Gasteiger partial charge in [0, 0.05) is 19.6 Å². The van der Waals surface area contributed by atoms with Crippen LogP contribution in [0.1, 0.15) is 35.6 Å². The van der Waals surface area contributed by atoms with Crippen molar-refractivity contribution in [3.63, 3.8) is 0 Å². The summed E-state index contributed by atoms with van der Waals surface area (Å²) in [7, 11) is 0. The summed E-state index contributed by atoms with van der Waals surface area (Å²) in [5, 5.41) is 14.9. The molecule has 0 radical (unpaired) electrons. The summed E-state index contributed by atoms with van der Waals surface area (Å²) in [5.41, 5.74) is 3.46. The number of hydrogen-bond donors (Lipinski definition) is 2. The van der Waals surface area contributed by atoms with Crippen LogP contribution in [0.3, 0.4) is 0 Å². The van der Waals surface area contributed by atoms with Crippen LogP contribution in [0.5, 0.6) is 0 Å². The van der Waals surface area contributed by atoms with Gasteiger partial charge in [0.25, 0.3) is 0 Å². The molecular formula is C22H28N2O. The lowest BCUT2D eigenvalue weighted by molar-refractivity contribution is -0.0526. The highest BCUT2D eigenvalue weighted by Crippen LogP contribution is 2.38. The molecule has 3 heteroatoms. The number of aliphatic hydroxyl groups is 1. The Hall–Kier alpha value is -1.68. The molecule has 0 spiro atoms. The second-order valence-electron chi connectivity index (χ2n) is 7.52. The van der Waals surface area contributed by atoms with Gasteiger partial charge in [-0.25, -0.2) is 0 Å². The van der Waals surface area contributed by atoms with Gasteiger partial charge in [-0.05, 0) is 48.9 Å². The van der Waals surface area contributed by atoms with Crippen molar-refractivity contribution >= 4 is 0 Å². The van der Waals surface area contributed by atoms with Crippen molar-refractivity contribution in [2.45, 2.75) is 37.3 Å². The van der Waals surface area contributed by atoms with Crippen LogP contribution in [-0.4, -0.2) is 41.8 Å². The Morgan fingerprint density at radius 1 is 1.00 bits per heavy atom. The predicted octanol–water partition coefficient (Wildman–Crippen LogP) is 2.94. The first kappa shape index (κ1) is 16.8. The van der Waals surface area contributed by atoms with Crippen LogP contribution >= 0.6 is 0 Å². The molecule has 2 heterocycles. The third kappa shape index (κ3) is 3.64. The zero-order valence-corrected chi connectivity index (χ0v) is 14.8. The van der Waals surface area contributed by atoms with Gasteiger partial charge in [0.2, 0.25) is 0 Å². The van der Waals surface area contributed by atoms with Crippen LogP contribution in [0.25, 0.3) is 0 Å². The SMILES string of the molecule is OC1([C@@H]2NCCc3ccccc32)CCN(CCc2ccccc2)CC1. The minimum atomic E-state index is -0.625. The maximum Gasteiger partial charge on any atom is 0.0866 e. The second-order valence-corrected chi connectivity index (χ2v) is 7.52. The summed E-state index contributed by atoms with van der Waals surface area (Å²) in [6.45, 7) is 3.99. The maximum atomic E-state index is 11.4. The van der Waals surface area contributed by atoms with Gasteiger partial charge in [0.05, 0.1) is 11.6 Å². The van der Waals surface area contributed by atoms with Gasteiger partial charge in [-0.2, -0.15) is 0 Å². The monoisotopic (exact) mass is 336 g/mol. The molecular weight excluding hydrogens is 308 g/mol. The summed E-state index contributed by atoms with van der Waals surface area (Å²) in [6, 6.07) is 19.4. The molecule has 0 aliphatic carbocycles. The molecule has 2 aliphatic heterocycles. The van der Waals surface area contributed by atoms with Crippen molar-refractivity contribution in [2.24, 2.45) is 0 Å². The van der Waals surface area contributed by atoms with E-state index in [0.717, 1.165) is 51.9 Å². The van der Waals surface area contributed by atoms with Crippen molar-refractivity contribution in [1.82, 2.24) is 10.2 Å². The number of benzene rings is 2. The van der Waals surface area contributed by atoms with Crippen LogP contribution in [0, 0.1) is 0 Å². The highest BCUT2D eigenvalue weighted by molar-refractivity contribution is 5.34. The summed E-state index contributed by atoms with van der Waals surface area (Å²) in [6.07, 6.45) is 3.83. The van der Waals surface area contributed by atoms with Gasteiger partial charge in [-0.1, -0.05) is 54.6 Å². The summed E-state index contributed by atoms with van der Waals surface area (Å²) in [4.78, 5) is 2.50. The lowest BCUT2D eigenvalue weighted by Gasteiger charge is -2.45. The van der Waals surface area contributed by atoms with E-state index in [4.69, 9.17) is 0 Å². The number of piperidine rings is 1. The molecule has 0 saturated carbocycles. The maximum absolute atomic E-state index is 11.4. The normalized spacial score (nSPS) is 23.2. The Morgan fingerprint density at radius 2 is 1.72 bits per heavy atom. The lowest BCUT2D eigenvalue weighted by atomic mass is 9.77. The van der Waals surface area contributed by atoms with E-state index in [0.29, 0.717) is 0 Å². The molecule has 0 bridgehead atoms. The summed E-state index contributed by atoms with van der Waals surface area (Å²) >= 11 is 0. The first-order chi connectivity index (χ1) is 12.2. The molecule has 2 aliphatic rings. The molecule has 1 atom stereocenters. The molecule has 3 nitrogen and oxygen atoms in total. The Morgan fingerprint density at radius 3 is 2.52 bits per heavy atom. The predicted molar refractivity (Wildman–Crippen MR) is 102 cm³/mol. The highest BCUT2D eigenvalue weighted by atomic mass is 16.3. The van der Waals surface area contributed by atoms with E-state index >= 15 is 0 Å². The molecule has 1 saturated heterocycles. The first-order valence-electron chi connectivity index (χ1n) is 9.54. The number of nitrogens with one attached hydrogen (secondary N) is 1. The van der Waals surface area contributed by atoms with E-state index < -0.39 is 5.60 Å². The van der Waals surface area contributed by atoms with Crippen LogP contribution < -0.4 is 5.32 Å². The quantitative estimate of drug-likeness (QED) is 0.901. The van der Waals surface area contributed by atoms with Gasteiger partial charge in [-0.3, -0.25) is 0 Å². The van der Waals surface area contributed by atoms with Gasteiger partial charge < -0.3 is 15.3 Å². The van der Waals surface area contributed by atoms with Crippen LogP contribution in [0.4, 0.5) is 0 Å². The Kier molecular flexibility index (Phi) is 4.89. The second kappa shape index (κ2) is 7.28. The minimum Gasteiger partial charge on any atom is -0.388 e. The third-order valence-electron chi connectivity index (χ3n) is 5.93. The van der Waals surface area contributed by atoms with E-state index in [1.165, 1.54) is 16.7 Å². The highest BCUT2D eigenvalue weighted by Gasteiger charge is 2.41. The van der Waals surface area contributed by atoms with Gasteiger partial charge in [0.1, 0.15) is 0 Å². The molecule has 4 rings (SSSR count). The standard InChI is InChI=1S/C22H28N2O/c25-22(21-20-9-5-4-8-19(20)10-14-23-21)12-16-24(17-13-22)15-11-18-6-2-1-3-7-18/h1-9,21,23,25H,10-17H2/t21-/m1/s1. The van der Waals surface area contributed by atoms with Crippen molar-refractivity contribution < 1.29 is 5.11 Å². The molecule has 2 aromatic carbocycles. The van der Waals surface area contributed by atoms with E-state index in [-0.39, 0.29) is 6.04 Å². The Labute approximate surface area is 150 Å². The molecule has 2 N–H and O–H groups in total. The Bertz CT molecular complexity index is 692. The van der Waals surface area contributed by atoms with Gasteiger partial charge in [-0.15, -0.1) is 0 Å². The molecule has 1 fully saturated rings. The smallest absolute Gasteiger partial charge is 0.0866 e. The fraction of sp³-hybridized carbons (Fsp3) is 0.455. The van der Waals surface area contributed by atoms with Crippen molar-refractivity contribution in [2.75, 3.05) is 26.2 Å². The topological polar surface area (TPSA) is 35.5 Å². The molecule has 0 aromatic heterocycles. The van der Waals surface area contributed by atoms with Crippen LogP contribution in [0.2, 0.25) is 0 Å². The van der Waals surface area contributed by atoms with E-state index in [2.05, 4.69) is 64.8 Å². The minimum absolute atomic E-state index is 0.0775. The van der Waals surface area contributed by atoms with Gasteiger partial charge in [0.15, 0.2) is 0 Å². The lowest BCUT2D eigenvalue weighted by Crippen LogP contribution is -2.53. The van der Waals surface area contributed by atoms with Crippen LogP contribution in [-0.2, 0) is 12.8 Å². The van der Waals surface area contributed by atoms with E-state index in [1.807, 2.05) is 0 Å². The zero-order chi connectivity index (χ0) is 17.1.